The zero-order chi connectivity index (χ0) is 14.1. The second kappa shape index (κ2) is 5.93. The summed E-state index contributed by atoms with van der Waals surface area (Å²) in [5.74, 6) is -0.00126. The molecule has 0 bridgehead atoms. The van der Waals surface area contributed by atoms with Gasteiger partial charge >= 0.3 is 0 Å². The SMILES string of the molecule is CCCNC1C(=O)Nc2cc(SC3COC3)c(Cl)cc21. The third kappa shape index (κ3) is 2.68. The molecule has 2 aliphatic rings. The van der Waals surface area contributed by atoms with Gasteiger partial charge in [-0.15, -0.1) is 11.8 Å². The standard InChI is InChI=1S/C14H17ClN2O2S/c1-2-3-16-13-9-4-10(15)12(20-8-6-19-7-8)5-11(9)17-14(13)18/h4-5,8,13,16H,2-3,6-7H2,1H3,(H,17,18). The molecule has 1 fully saturated rings. The fraction of sp³-hybridized carbons (Fsp3) is 0.500. The second-order valence-corrected chi connectivity index (χ2v) is 6.77. The molecule has 3 rings (SSSR count). The number of benzene rings is 1. The van der Waals surface area contributed by atoms with Crippen molar-refractivity contribution < 1.29 is 9.53 Å². The number of fused-ring (bicyclic) bond motifs is 1. The Bertz CT molecular complexity index is 534. The summed E-state index contributed by atoms with van der Waals surface area (Å²) in [4.78, 5) is 13.0. The van der Waals surface area contributed by atoms with Crippen LogP contribution in [0.3, 0.4) is 0 Å². The van der Waals surface area contributed by atoms with Crippen molar-refractivity contribution in [3.63, 3.8) is 0 Å². The van der Waals surface area contributed by atoms with Gasteiger partial charge in [0.1, 0.15) is 6.04 Å². The number of hydrogen-bond acceptors (Lipinski definition) is 4. The lowest BCUT2D eigenvalue weighted by atomic mass is 10.1. The molecule has 20 heavy (non-hydrogen) atoms. The number of anilines is 1. The lowest BCUT2D eigenvalue weighted by Crippen LogP contribution is -2.30. The predicted octanol–water partition coefficient (Wildman–Crippen LogP) is 2.82. The molecule has 0 aliphatic carbocycles. The van der Waals surface area contributed by atoms with Gasteiger partial charge in [-0.3, -0.25) is 4.79 Å². The molecule has 1 atom stereocenters. The van der Waals surface area contributed by atoms with Crippen LogP contribution in [0, 0.1) is 0 Å². The maximum atomic E-state index is 12.0. The van der Waals surface area contributed by atoms with Gasteiger partial charge in [0, 0.05) is 16.1 Å². The summed E-state index contributed by atoms with van der Waals surface area (Å²) in [7, 11) is 0. The first kappa shape index (κ1) is 14.2. The molecule has 1 amide bonds. The smallest absolute Gasteiger partial charge is 0.246 e. The minimum Gasteiger partial charge on any atom is -0.379 e. The normalized spacial score (nSPS) is 21.5. The van der Waals surface area contributed by atoms with Crippen LogP contribution in [0.4, 0.5) is 5.69 Å². The first-order valence-corrected chi connectivity index (χ1v) is 8.07. The van der Waals surface area contributed by atoms with Crippen molar-refractivity contribution in [3.05, 3.63) is 22.7 Å². The maximum Gasteiger partial charge on any atom is 0.246 e. The molecular weight excluding hydrogens is 296 g/mol. The van der Waals surface area contributed by atoms with E-state index in [9.17, 15) is 4.79 Å². The van der Waals surface area contributed by atoms with E-state index in [1.165, 1.54) is 0 Å². The summed E-state index contributed by atoms with van der Waals surface area (Å²) in [6.45, 7) is 4.43. The summed E-state index contributed by atoms with van der Waals surface area (Å²) in [6.07, 6.45) is 0.989. The lowest BCUT2D eigenvalue weighted by molar-refractivity contribution is -0.117. The van der Waals surface area contributed by atoms with Crippen LogP contribution in [-0.4, -0.2) is 30.9 Å². The monoisotopic (exact) mass is 312 g/mol. The minimum absolute atomic E-state index is 0.00126. The number of carbonyl (C=O) groups is 1. The molecule has 1 saturated heterocycles. The van der Waals surface area contributed by atoms with E-state index in [1.54, 1.807) is 11.8 Å². The molecule has 0 aromatic heterocycles. The summed E-state index contributed by atoms with van der Waals surface area (Å²) < 4.78 is 5.17. The van der Waals surface area contributed by atoms with Gasteiger partial charge < -0.3 is 15.4 Å². The van der Waals surface area contributed by atoms with Crippen LogP contribution >= 0.6 is 23.4 Å². The number of ether oxygens (including phenoxy) is 1. The average molecular weight is 313 g/mol. The van der Waals surface area contributed by atoms with Crippen molar-refractivity contribution in [1.82, 2.24) is 5.32 Å². The fourth-order valence-electron chi connectivity index (χ4n) is 2.31. The van der Waals surface area contributed by atoms with Crippen molar-refractivity contribution in [3.8, 4) is 0 Å². The molecule has 0 spiro atoms. The second-order valence-electron chi connectivity index (χ2n) is 5.02. The molecule has 0 saturated carbocycles. The van der Waals surface area contributed by atoms with Crippen molar-refractivity contribution >= 4 is 35.0 Å². The fourth-order valence-corrected chi connectivity index (χ4v) is 3.66. The van der Waals surface area contributed by atoms with Crippen molar-refractivity contribution in [1.29, 1.82) is 0 Å². The van der Waals surface area contributed by atoms with E-state index in [0.29, 0.717) is 10.3 Å². The van der Waals surface area contributed by atoms with Crippen LogP contribution in [0.15, 0.2) is 17.0 Å². The van der Waals surface area contributed by atoms with Crippen LogP contribution in [0.2, 0.25) is 5.02 Å². The minimum atomic E-state index is -0.284. The molecule has 0 radical (unpaired) electrons. The number of hydrogen-bond donors (Lipinski definition) is 2. The zero-order valence-electron chi connectivity index (χ0n) is 11.2. The Labute approximate surface area is 127 Å². The van der Waals surface area contributed by atoms with Gasteiger partial charge in [-0.1, -0.05) is 18.5 Å². The summed E-state index contributed by atoms with van der Waals surface area (Å²) in [5, 5.41) is 7.36. The molecule has 2 aliphatic heterocycles. The van der Waals surface area contributed by atoms with Gasteiger partial charge in [0.25, 0.3) is 0 Å². The van der Waals surface area contributed by atoms with E-state index in [1.807, 2.05) is 12.1 Å². The molecule has 6 heteroatoms. The van der Waals surface area contributed by atoms with Gasteiger partial charge in [0.15, 0.2) is 0 Å². The molecule has 1 unspecified atom stereocenters. The highest BCUT2D eigenvalue weighted by Gasteiger charge is 2.31. The number of carbonyl (C=O) groups excluding carboxylic acids is 1. The van der Waals surface area contributed by atoms with Crippen LogP contribution in [0.1, 0.15) is 24.9 Å². The zero-order valence-corrected chi connectivity index (χ0v) is 12.8. The van der Waals surface area contributed by atoms with Gasteiger partial charge in [0.2, 0.25) is 5.91 Å². The Hall–Kier alpha value is -0.750. The Morgan fingerprint density at radius 2 is 2.30 bits per heavy atom. The van der Waals surface area contributed by atoms with Crippen LogP contribution < -0.4 is 10.6 Å². The van der Waals surface area contributed by atoms with E-state index >= 15 is 0 Å². The Morgan fingerprint density at radius 3 is 2.95 bits per heavy atom. The Balaban J connectivity index is 1.82. The largest absolute Gasteiger partial charge is 0.379 e. The molecule has 1 aromatic rings. The molecule has 108 valence electrons. The van der Waals surface area contributed by atoms with Crippen molar-refractivity contribution in [2.24, 2.45) is 0 Å². The van der Waals surface area contributed by atoms with Gasteiger partial charge in [-0.05, 0) is 25.1 Å². The quantitative estimate of drug-likeness (QED) is 0.878. The van der Waals surface area contributed by atoms with E-state index in [2.05, 4.69) is 17.6 Å². The van der Waals surface area contributed by atoms with Crippen LogP contribution in [-0.2, 0) is 9.53 Å². The topological polar surface area (TPSA) is 50.4 Å². The van der Waals surface area contributed by atoms with Crippen molar-refractivity contribution in [2.45, 2.75) is 29.5 Å². The first-order chi connectivity index (χ1) is 9.69. The lowest BCUT2D eigenvalue weighted by Gasteiger charge is -2.25. The number of amides is 1. The summed E-state index contributed by atoms with van der Waals surface area (Å²) in [5.41, 5.74) is 1.82. The van der Waals surface area contributed by atoms with E-state index < -0.39 is 0 Å². The highest BCUT2D eigenvalue weighted by Crippen LogP contribution is 2.41. The third-order valence-electron chi connectivity index (χ3n) is 3.43. The average Bonchev–Trinajstić information content (AvgIpc) is 2.66. The first-order valence-electron chi connectivity index (χ1n) is 6.81. The number of rotatable bonds is 5. The number of nitrogens with one attached hydrogen (secondary N) is 2. The highest BCUT2D eigenvalue weighted by molar-refractivity contribution is 8.00. The molecule has 2 N–H and O–H groups in total. The van der Waals surface area contributed by atoms with E-state index in [-0.39, 0.29) is 11.9 Å². The van der Waals surface area contributed by atoms with Crippen molar-refractivity contribution in [2.75, 3.05) is 25.1 Å². The maximum absolute atomic E-state index is 12.0. The predicted molar refractivity (Wildman–Crippen MR) is 81.6 cm³/mol. The van der Waals surface area contributed by atoms with Gasteiger partial charge in [0.05, 0.1) is 23.5 Å². The van der Waals surface area contributed by atoms with Gasteiger partial charge in [-0.2, -0.15) is 0 Å². The molecule has 2 heterocycles. The van der Waals surface area contributed by atoms with E-state index in [4.69, 9.17) is 16.3 Å². The Morgan fingerprint density at radius 1 is 1.50 bits per heavy atom. The van der Waals surface area contributed by atoms with E-state index in [0.717, 1.165) is 42.3 Å². The number of thioether (sulfide) groups is 1. The van der Waals surface area contributed by atoms with Crippen LogP contribution in [0.5, 0.6) is 0 Å². The highest BCUT2D eigenvalue weighted by atomic mass is 35.5. The van der Waals surface area contributed by atoms with Crippen LogP contribution in [0.25, 0.3) is 0 Å². The summed E-state index contributed by atoms with van der Waals surface area (Å²) >= 11 is 8.07. The third-order valence-corrected chi connectivity index (χ3v) is 5.06. The molecule has 1 aromatic carbocycles. The molecule has 4 nitrogen and oxygen atoms in total. The number of halogens is 1. The van der Waals surface area contributed by atoms with Gasteiger partial charge in [-0.25, -0.2) is 0 Å². The molecular formula is C14H17ClN2O2S. The Kier molecular flexibility index (Phi) is 4.21. The summed E-state index contributed by atoms with van der Waals surface area (Å²) in [6, 6.07) is 3.60.